The van der Waals surface area contributed by atoms with E-state index in [2.05, 4.69) is 10.4 Å². The summed E-state index contributed by atoms with van der Waals surface area (Å²) in [5, 5.41) is 2.49. The Hall–Kier alpha value is -2.10. The molecule has 5 nitrogen and oxygen atoms in total. The van der Waals surface area contributed by atoms with Crippen LogP contribution in [0, 0.1) is 11.8 Å². The van der Waals surface area contributed by atoms with Gasteiger partial charge in [0.1, 0.15) is 0 Å². The predicted octanol–water partition coefficient (Wildman–Crippen LogP) is 7.53. The van der Waals surface area contributed by atoms with Crippen LogP contribution in [0.2, 0.25) is 0 Å². The van der Waals surface area contributed by atoms with Crippen LogP contribution in [0.1, 0.15) is 88.7 Å². The first-order chi connectivity index (χ1) is 19.2. The molecule has 0 aromatic heterocycles. The van der Waals surface area contributed by atoms with E-state index >= 15 is 0 Å². The first-order valence-electron chi connectivity index (χ1n) is 15.0. The molecular formula is C31H42F3N3O2S. The van der Waals surface area contributed by atoms with E-state index < -0.39 is 21.8 Å². The van der Waals surface area contributed by atoms with Gasteiger partial charge in [-0.1, -0.05) is 63.1 Å². The summed E-state index contributed by atoms with van der Waals surface area (Å²) in [5.41, 5.74) is 4.38. The van der Waals surface area contributed by atoms with E-state index in [4.69, 9.17) is 0 Å². The Balaban J connectivity index is 1.42. The van der Waals surface area contributed by atoms with Gasteiger partial charge in [0, 0.05) is 25.2 Å². The highest BCUT2D eigenvalue weighted by molar-refractivity contribution is 7.92. The number of hydrogen-bond acceptors (Lipinski definition) is 4. The summed E-state index contributed by atoms with van der Waals surface area (Å²) >= 11 is 0. The summed E-state index contributed by atoms with van der Waals surface area (Å²) in [6, 6.07) is 11.5. The summed E-state index contributed by atoms with van der Waals surface area (Å²) in [6.45, 7) is 3.47. The lowest BCUT2D eigenvalue weighted by atomic mass is 9.63. The molecule has 0 amide bonds. The van der Waals surface area contributed by atoms with Crippen molar-refractivity contribution in [3.05, 3.63) is 59.7 Å². The number of alkyl halides is 3. The van der Waals surface area contributed by atoms with Gasteiger partial charge < -0.3 is 0 Å². The number of fused-ring (bicyclic) bond motifs is 1. The molecule has 2 atom stereocenters. The van der Waals surface area contributed by atoms with Crippen molar-refractivity contribution in [2.75, 3.05) is 17.4 Å². The van der Waals surface area contributed by atoms with Crippen LogP contribution in [0.5, 0.6) is 0 Å². The summed E-state index contributed by atoms with van der Waals surface area (Å²) < 4.78 is 68.2. The van der Waals surface area contributed by atoms with E-state index in [1.807, 2.05) is 18.2 Å². The Morgan fingerprint density at radius 1 is 0.925 bits per heavy atom. The number of rotatable bonds is 7. The van der Waals surface area contributed by atoms with Gasteiger partial charge in [-0.05, 0) is 80.3 Å². The highest BCUT2D eigenvalue weighted by Gasteiger charge is 2.53. The van der Waals surface area contributed by atoms with E-state index in [0.717, 1.165) is 30.3 Å². The molecule has 1 saturated heterocycles. The molecule has 0 radical (unpaired) electrons. The lowest BCUT2D eigenvalue weighted by Crippen LogP contribution is -2.56. The summed E-state index contributed by atoms with van der Waals surface area (Å²) in [6.07, 6.45) is 9.46. The Bertz CT molecular complexity index is 1260. The maximum Gasteiger partial charge on any atom is 0.416 e. The van der Waals surface area contributed by atoms with Crippen LogP contribution in [-0.4, -0.2) is 32.1 Å². The zero-order valence-corrected chi connectivity index (χ0v) is 24.2. The third-order valence-electron chi connectivity index (χ3n) is 9.51. The fourth-order valence-corrected chi connectivity index (χ4v) is 9.13. The fourth-order valence-electron chi connectivity index (χ4n) is 7.62. The smallest absolute Gasteiger partial charge is 0.267 e. The average Bonchev–Trinajstić information content (AvgIpc) is 3.27. The number of nitrogens with one attached hydrogen (secondary N) is 1. The molecule has 1 heterocycles. The number of hydrazine groups is 1. The minimum atomic E-state index is -4.62. The average molecular weight is 578 g/mol. The molecular weight excluding hydrogens is 535 g/mol. The Morgan fingerprint density at radius 3 is 2.33 bits per heavy atom. The molecule has 5 rings (SSSR count). The molecule has 9 heteroatoms. The minimum Gasteiger partial charge on any atom is -0.267 e. The van der Waals surface area contributed by atoms with E-state index in [-0.39, 0.29) is 17.0 Å². The molecule has 1 N–H and O–H groups in total. The minimum absolute atomic E-state index is 0.109. The van der Waals surface area contributed by atoms with Crippen LogP contribution in [0.25, 0.3) is 0 Å². The van der Waals surface area contributed by atoms with Crippen LogP contribution in [0.4, 0.5) is 18.9 Å². The maximum atomic E-state index is 13.5. The molecule has 0 bridgehead atoms. The molecule has 2 aromatic rings. The van der Waals surface area contributed by atoms with Crippen LogP contribution in [-0.2, 0) is 22.7 Å². The molecule has 40 heavy (non-hydrogen) atoms. The first-order valence-corrected chi connectivity index (χ1v) is 16.4. The molecule has 3 fully saturated rings. The van der Waals surface area contributed by atoms with Crippen LogP contribution < -0.4 is 9.73 Å². The van der Waals surface area contributed by atoms with Crippen LogP contribution in [0.15, 0.2) is 53.4 Å². The molecule has 1 aliphatic heterocycles. The van der Waals surface area contributed by atoms with Crippen LogP contribution >= 0.6 is 0 Å². The van der Waals surface area contributed by atoms with Gasteiger partial charge in [0.05, 0.1) is 16.1 Å². The normalized spacial score (nSPS) is 25.2. The second kappa shape index (κ2) is 12.0. The van der Waals surface area contributed by atoms with Gasteiger partial charge in [-0.3, -0.25) is 9.73 Å². The van der Waals surface area contributed by atoms with Gasteiger partial charge in [-0.15, -0.1) is 0 Å². The van der Waals surface area contributed by atoms with Gasteiger partial charge in [0.2, 0.25) is 0 Å². The SMILES string of the molecule is CCN(c1cccc(CN2NCC3CCCCC32C2CCCCCCC2)c1)S(=O)(=O)c1cccc(C(F)(F)F)c1. The number of sulfonamides is 1. The van der Waals surface area contributed by atoms with Crippen molar-refractivity contribution >= 4 is 15.7 Å². The van der Waals surface area contributed by atoms with E-state index in [0.29, 0.717) is 24.1 Å². The van der Waals surface area contributed by atoms with Gasteiger partial charge in [0.25, 0.3) is 10.0 Å². The number of benzene rings is 2. The highest BCUT2D eigenvalue weighted by Crippen LogP contribution is 2.50. The fraction of sp³-hybridized carbons (Fsp3) is 0.613. The van der Waals surface area contributed by atoms with E-state index in [1.54, 1.807) is 13.0 Å². The monoisotopic (exact) mass is 577 g/mol. The zero-order chi connectivity index (χ0) is 28.4. The Kier molecular flexibility index (Phi) is 8.83. The molecule has 220 valence electrons. The Labute approximate surface area is 237 Å². The van der Waals surface area contributed by atoms with Crippen molar-refractivity contribution in [3.8, 4) is 0 Å². The third-order valence-corrected chi connectivity index (χ3v) is 11.4. The topological polar surface area (TPSA) is 52.6 Å². The molecule has 2 aliphatic carbocycles. The zero-order valence-electron chi connectivity index (χ0n) is 23.4. The van der Waals surface area contributed by atoms with Crippen molar-refractivity contribution in [3.63, 3.8) is 0 Å². The third kappa shape index (κ3) is 5.79. The highest BCUT2D eigenvalue weighted by atomic mass is 32.2. The quantitative estimate of drug-likeness (QED) is 0.370. The summed E-state index contributed by atoms with van der Waals surface area (Å²) in [7, 11) is -4.18. The van der Waals surface area contributed by atoms with Gasteiger partial charge in [-0.2, -0.15) is 13.2 Å². The van der Waals surface area contributed by atoms with Crippen LogP contribution in [0.3, 0.4) is 0 Å². The first kappa shape index (κ1) is 29.4. The largest absolute Gasteiger partial charge is 0.416 e. The molecule has 0 spiro atoms. The van der Waals surface area contributed by atoms with Crippen molar-refractivity contribution in [1.82, 2.24) is 10.4 Å². The standard InChI is InChI=1S/C31H42F3N3O2S/c1-2-36(40(38,39)29-18-11-16-26(21-29)31(32,33)34)28-17-10-12-24(20-28)23-37-30(19-9-8-15-27(30)22-35-37)25-13-6-4-3-5-7-14-25/h10-12,16-18,20-21,25,27,35H,2-9,13-15,19,22-23H2,1H3. The van der Waals surface area contributed by atoms with E-state index in [9.17, 15) is 21.6 Å². The number of halogens is 3. The molecule has 3 aliphatic rings. The maximum absolute atomic E-state index is 13.5. The van der Waals surface area contributed by atoms with Gasteiger partial charge in [0.15, 0.2) is 0 Å². The predicted molar refractivity (Wildman–Crippen MR) is 152 cm³/mol. The van der Waals surface area contributed by atoms with Crippen molar-refractivity contribution in [1.29, 1.82) is 0 Å². The van der Waals surface area contributed by atoms with E-state index in [1.165, 1.54) is 81.0 Å². The van der Waals surface area contributed by atoms with Gasteiger partial charge >= 0.3 is 6.18 Å². The second-order valence-corrected chi connectivity index (χ2v) is 13.7. The number of anilines is 1. The van der Waals surface area contributed by atoms with Crippen molar-refractivity contribution in [2.24, 2.45) is 11.8 Å². The number of nitrogens with zero attached hydrogens (tertiary/aromatic N) is 2. The lowest BCUT2D eigenvalue weighted by Gasteiger charge is -2.50. The molecule has 2 saturated carbocycles. The molecule has 2 aromatic carbocycles. The van der Waals surface area contributed by atoms with Crippen molar-refractivity contribution < 1.29 is 21.6 Å². The lowest BCUT2D eigenvalue weighted by molar-refractivity contribution is -0.137. The Morgan fingerprint density at radius 2 is 1.60 bits per heavy atom. The summed E-state index contributed by atoms with van der Waals surface area (Å²) in [5.74, 6) is 1.28. The molecule has 2 unspecified atom stereocenters. The second-order valence-electron chi connectivity index (χ2n) is 11.8. The summed E-state index contributed by atoms with van der Waals surface area (Å²) in [4.78, 5) is -0.357. The van der Waals surface area contributed by atoms with Gasteiger partial charge in [-0.25, -0.2) is 13.4 Å². The number of hydrogen-bond donors (Lipinski definition) is 1. The van der Waals surface area contributed by atoms with Crippen molar-refractivity contribution in [2.45, 2.75) is 101 Å².